The molecule has 0 radical (unpaired) electrons. The third-order valence-corrected chi connectivity index (χ3v) is 11.6. The second-order valence-electron chi connectivity index (χ2n) is 15.9. The molecule has 5 bridgehead atoms. The molecule has 0 aliphatic carbocycles. The minimum Gasteiger partial charge on any atom is -0.456 e. The standard InChI is InChI=1S/C40H57NO12/c1-8-12-33(45)41-18-11-9-10-13-30-29(44)19-23(2)28(43)22-27-20-25(4)40(51-27)17-16-38(6)32(53-40)15-14-31(52-38)35-36(50-35)37(48-26(5)42)39(7,47)24(3)21-34(46)49-30/h9-11,18,21,23,25,27,30-32,35-37,47H,8,12-17,19-20,22H2,1-7H3,(H,41,45)/b10-9+,18-11-,24-21+/t23-,25-,27?,30+,31-,32+,35?,36?,37+,38-,39+,40?/m0/s1. The van der Waals surface area contributed by atoms with Crippen molar-refractivity contribution in [3.05, 3.63) is 36.1 Å². The number of fused-ring (bicyclic) bond motifs is 2. The smallest absolute Gasteiger partial charge is 0.331 e. The molecule has 0 aromatic heterocycles. The fourth-order valence-electron chi connectivity index (χ4n) is 8.13. The van der Waals surface area contributed by atoms with E-state index in [-0.39, 0.29) is 60.8 Å². The molecule has 4 unspecified atom stereocenters. The fourth-order valence-corrected chi connectivity index (χ4v) is 8.13. The van der Waals surface area contributed by atoms with Gasteiger partial charge in [0.05, 0.1) is 23.9 Å². The van der Waals surface area contributed by atoms with Crippen LogP contribution in [0.4, 0.5) is 0 Å². The molecule has 7 rings (SSSR count). The largest absolute Gasteiger partial charge is 0.456 e. The lowest BCUT2D eigenvalue weighted by Gasteiger charge is -2.53. The Morgan fingerprint density at radius 2 is 1.77 bits per heavy atom. The first-order valence-electron chi connectivity index (χ1n) is 19.1. The van der Waals surface area contributed by atoms with Crippen molar-refractivity contribution in [3.8, 4) is 0 Å². The third-order valence-electron chi connectivity index (χ3n) is 11.6. The number of carbonyl (C=O) groups is 5. The van der Waals surface area contributed by atoms with Crippen molar-refractivity contribution in [2.45, 2.75) is 172 Å². The average molecular weight is 744 g/mol. The van der Waals surface area contributed by atoms with Crippen LogP contribution in [0.3, 0.4) is 0 Å². The monoisotopic (exact) mass is 743 g/mol. The number of nitrogens with one attached hydrogen (secondary N) is 1. The molecule has 294 valence electrons. The van der Waals surface area contributed by atoms with Crippen LogP contribution in [-0.4, -0.2) is 94.2 Å². The first-order valence-corrected chi connectivity index (χ1v) is 19.1. The molecular weight excluding hydrogens is 686 g/mol. The summed E-state index contributed by atoms with van der Waals surface area (Å²) in [4.78, 5) is 64.5. The summed E-state index contributed by atoms with van der Waals surface area (Å²) in [7, 11) is 0. The van der Waals surface area contributed by atoms with Crippen molar-refractivity contribution >= 4 is 29.4 Å². The summed E-state index contributed by atoms with van der Waals surface area (Å²) < 4.78 is 37.4. The van der Waals surface area contributed by atoms with E-state index >= 15 is 0 Å². The quantitative estimate of drug-likeness (QED) is 0.213. The summed E-state index contributed by atoms with van der Waals surface area (Å²) >= 11 is 0. The van der Waals surface area contributed by atoms with Gasteiger partial charge in [0, 0.05) is 63.1 Å². The van der Waals surface area contributed by atoms with Crippen molar-refractivity contribution < 1.29 is 57.5 Å². The zero-order valence-electron chi connectivity index (χ0n) is 32.1. The number of aliphatic hydroxyl groups is 1. The van der Waals surface area contributed by atoms with Crippen LogP contribution in [0.15, 0.2) is 36.1 Å². The van der Waals surface area contributed by atoms with Gasteiger partial charge in [-0.05, 0) is 64.5 Å². The van der Waals surface area contributed by atoms with Gasteiger partial charge in [0.2, 0.25) is 5.91 Å². The van der Waals surface area contributed by atoms with Crippen LogP contribution in [0.2, 0.25) is 0 Å². The Labute approximate surface area is 312 Å². The van der Waals surface area contributed by atoms with Crippen LogP contribution >= 0.6 is 0 Å². The Balaban J connectivity index is 1.41. The van der Waals surface area contributed by atoms with E-state index in [0.717, 1.165) is 6.08 Å². The van der Waals surface area contributed by atoms with Crippen LogP contribution in [0.25, 0.3) is 0 Å². The van der Waals surface area contributed by atoms with Crippen LogP contribution in [0, 0.1) is 11.8 Å². The number of carbonyl (C=O) groups excluding carboxylic acids is 5. The second-order valence-corrected chi connectivity index (χ2v) is 15.9. The summed E-state index contributed by atoms with van der Waals surface area (Å²) in [5, 5.41) is 14.5. The van der Waals surface area contributed by atoms with Gasteiger partial charge in [0.1, 0.15) is 23.6 Å². The van der Waals surface area contributed by atoms with Gasteiger partial charge in [-0.3, -0.25) is 19.2 Å². The van der Waals surface area contributed by atoms with E-state index in [9.17, 15) is 29.1 Å². The minimum atomic E-state index is -1.86. The number of Topliss-reactive ketones (excluding diaryl/α,β-unsaturated/α-hetero) is 2. The minimum absolute atomic E-state index is 0.000260. The number of rotatable bonds is 7. The first kappa shape index (κ1) is 40.9. The van der Waals surface area contributed by atoms with Crippen molar-refractivity contribution in [1.82, 2.24) is 5.32 Å². The summed E-state index contributed by atoms with van der Waals surface area (Å²) in [6.07, 6.45) is 7.07. The number of hydrogen-bond donors (Lipinski definition) is 2. The number of hydrogen-bond acceptors (Lipinski definition) is 12. The van der Waals surface area contributed by atoms with Gasteiger partial charge in [-0.2, -0.15) is 0 Å². The van der Waals surface area contributed by atoms with Gasteiger partial charge in [-0.15, -0.1) is 0 Å². The zero-order chi connectivity index (χ0) is 38.7. The molecule has 12 atom stereocenters. The number of ether oxygens (including phenoxy) is 6. The van der Waals surface area contributed by atoms with E-state index in [1.165, 1.54) is 27.0 Å². The number of allylic oxidation sites excluding steroid dienone is 2. The lowest BCUT2D eigenvalue weighted by atomic mass is 9.78. The highest BCUT2D eigenvalue weighted by molar-refractivity contribution is 5.92. The van der Waals surface area contributed by atoms with Crippen molar-refractivity contribution in [1.29, 1.82) is 0 Å². The summed E-state index contributed by atoms with van der Waals surface area (Å²) in [6.45, 7) is 11.9. The van der Waals surface area contributed by atoms with E-state index in [0.29, 0.717) is 44.9 Å². The Morgan fingerprint density at radius 3 is 2.49 bits per heavy atom. The van der Waals surface area contributed by atoms with E-state index in [2.05, 4.69) is 12.2 Å². The molecule has 4 fully saturated rings. The van der Waals surface area contributed by atoms with Gasteiger partial charge in [-0.25, -0.2) is 4.79 Å². The van der Waals surface area contributed by atoms with Gasteiger partial charge < -0.3 is 38.8 Å². The Bertz CT molecular complexity index is 1500. The normalized spacial score (nSPS) is 42.0. The SMILES string of the molecule is CCCC(=O)N/C=C\C=C\C[C@H]1OC(=O)/C=C(\C)[C@@](C)(O)[C@H](OC(C)=O)C2OC2[C@@H]2CC[C@H]3OC4(CC[C@]3(C)O2)OC(CC(=O)[C@@H](C)CC1=O)C[C@@H]4C. The van der Waals surface area contributed by atoms with Crippen LogP contribution in [0.1, 0.15) is 113 Å². The van der Waals surface area contributed by atoms with E-state index in [4.69, 9.17) is 28.4 Å². The molecule has 2 N–H and O–H groups in total. The molecule has 7 aliphatic heterocycles. The topological polar surface area (TPSA) is 176 Å². The Hall–Kier alpha value is -3.23. The maximum Gasteiger partial charge on any atom is 0.331 e. The van der Waals surface area contributed by atoms with E-state index in [1.54, 1.807) is 25.2 Å². The average Bonchev–Trinajstić information content (AvgIpc) is 3.82. The molecule has 1 amide bonds. The summed E-state index contributed by atoms with van der Waals surface area (Å²) in [6, 6.07) is 0. The molecule has 1 spiro atoms. The number of amides is 1. The van der Waals surface area contributed by atoms with Gasteiger partial charge in [0.25, 0.3) is 0 Å². The molecule has 0 saturated carbocycles. The second kappa shape index (κ2) is 16.6. The van der Waals surface area contributed by atoms with Crippen LogP contribution in [0.5, 0.6) is 0 Å². The maximum absolute atomic E-state index is 13.6. The summed E-state index contributed by atoms with van der Waals surface area (Å²) in [5.74, 6) is -3.70. The number of epoxide rings is 1. The van der Waals surface area contributed by atoms with E-state index in [1.807, 2.05) is 13.8 Å². The zero-order valence-corrected chi connectivity index (χ0v) is 32.1. The molecule has 7 heterocycles. The summed E-state index contributed by atoms with van der Waals surface area (Å²) in [5.41, 5.74) is -2.35. The third kappa shape index (κ3) is 9.54. The molecular formula is C40H57NO12. The fraction of sp³-hybridized carbons (Fsp3) is 0.725. The molecule has 4 saturated heterocycles. The molecule has 53 heavy (non-hydrogen) atoms. The van der Waals surface area contributed by atoms with E-state index < -0.39 is 65.0 Å². The molecule has 0 aromatic rings. The highest BCUT2D eigenvalue weighted by atomic mass is 16.7. The predicted molar refractivity (Wildman–Crippen MR) is 191 cm³/mol. The van der Waals surface area contributed by atoms with Crippen LogP contribution < -0.4 is 5.32 Å². The maximum atomic E-state index is 13.6. The highest BCUT2D eigenvalue weighted by Crippen LogP contribution is 2.53. The van der Waals surface area contributed by atoms with Crippen molar-refractivity contribution in [2.24, 2.45) is 11.8 Å². The number of ketones is 2. The lowest BCUT2D eigenvalue weighted by Crippen LogP contribution is -2.60. The molecule has 7 aliphatic rings. The predicted octanol–water partition coefficient (Wildman–Crippen LogP) is 4.48. The highest BCUT2D eigenvalue weighted by Gasteiger charge is 2.62. The Morgan fingerprint density at radius 1 is 1.02 bits per heavy atom. The molecule has 13 nitrogen and oxygen atoms in total. The van der Waals surface area contributed by atoms with Gasteiger partial charge in [-0.1, -0.05) is 32.9 Å². The van der Waals surface area contributed by atoms with Crippen LogP contribution in [-0.2, 0) is 52.4 Å². The first-order chi connectivity index (χ1) is 25.0. The lowest BCUT2D eigenvalue weighted by molar-refractivity contribution is -0.344. The molecule has 13 heteroatoms. The number of esters is 2. The van der Waals surface area contributed by atoms with Gasteiger partial charge in [0.15, 0.2) is 23.8 Å². The molecule has 0 aromatic carbocycles. The van der Waals surface area contributed by atoms with Crippen molar-refractivity contribution in [3.63, 3.8) is 0 Å². The van der Waals surface area contributed by atoms with Gasteiger partial charge >= 0.3 is 11.9 Å². The Kier molecular flexibility index (Phi) is 12.9. The van der Waals surface area contributed by atoms with Crippen molar-refractivity contribution in [2.75, 3.05) is 0 Å².